The van der Waals surface area contributed by atoms with E-state index in [0.717, 1.165) is 12.3 Å². The molecule has 0 spiro atoms. The highest BCUT2D eigenvalue weighted by Gasteiger charge is 2.16. The predicted octanol–water partition coefficient (Wildman–Crippen LogP) is 1.19. The van der Waals surface area contributed by atoms with Crippen molar-refractivity contribution in [2.75, 3.05) is 4.72 Å². The second-order valence-electron chi connectivity index (χ2n) is 4.28. The van der Waals surface area contributed by atoms with Crippen LogP contribution in [0, 0.1) is 5.82 Å². The lowest BCUT2D eigenvalue weighted by molar-refractivity contribution is 0.601. The van der Waals surface area contributed by atoms with E-state index in [1.807, 2.05) is 0 Å². The minimum atomic E-state index is -3.90. The monoisotopic (exact) mass is 308 g/mol. The van der Waals surface area contributed by atoms with Gasteiger partial charge in [-0.2, -0.15) is 0 Å². The minimum absolute atomic E-state index is 0.0117. The van der Waals surface area contributed by atoms with E-state index in [2.05, 4.69) is 19.7 Å². The van der Waals surface area contributed by atoms with Crippen molar-refractivity contribution < 1.29 is 12.8 Å². The van der Waals surface area contributed by atoms with Gasteiger partial charge in [0.05, 0.1) is 34.0 Å². The van der Waals surface area contributed by atoms with Crippen LogP contribution < -0.4 is 10.4 Å². The number of hydrogen-bond acceptors (Lipinski definition) is 4. The van der Waals surface area contributed by atoms with Crippen LogP contribution in [0.1, 0.15) is 0 Å². The van der Waals surface area contributed by atoms with Crippen LogP contribution in [0.2, 0.25) is 0 Å². The van der Waals surface area contributed by atoms with Crippen LogP contribution in [0.25, 0.3) is 11.0 Å². The number of sulfonamides is 1. The van der Waals surface area contributed by atoms with Crippen LogP contribution in [0.15, 0.2) is 46.3 Å². The molecular formula is C12H9FN4O3S. The van der Waals surface area contributed by atoms with E-state index >= 15 is 0 Å². The summed E-state index contributed by atoms with van der Waals surface area (Å²) >= 11 is 0. The maximum atomic E-state index is 13.0. The number of benzene rings is 1. The Bertz CT molecular complexity index is 977. The fourth-order valence-electron chi connectivity index (χ4n) is 1.86. The molecule has 7 nitrogen and oxygen atoms in total. The summed E-state index contributed by atoms with van der Waals surface area (Å²) in [5.74, 6) is -0.652. The molecule has 0 bridgehead atoms. The van der Waals surface area contributed by atoms with Gasteiger partial charge in [0.1, 0.15) is 5.82 Å². The average Bonchev–Trinajstić information content (AvgIpc) is 2.77. The van der Waals surface area contributed by atoms with Crippen LogP contribution in [0.5, 0.6) is 0 Å². The molecule has 0 aliphatic rings. The highest BCUT2D eigenvalue weighted by atomic mass is 32.2. The first-order valence-corrected chi connectivity index (χ1v) is 7.28. The molecule has 0 amide bonds. The van der Waals surface area contributed by atoms with E-state index in [1.165, 1.54) is 24.4 Å². The Morgan fingerprint density at radius 2 is 1.86 bits per heavy atom. The van der Waals surface area contributed by atoms with Gasteiger partial charge in [-0.05, 0) is 18.2 Å². The molecule has 0 aliphatic heterocycles. The molecule has 2 aromatic heterocycles. The van der Waals surface area contributed by atoms with Crippen LogP contribution in [-0.2, 0) is 10.0 Å². The molecule has 0 unspecified atom stereocenters. The SMILES string of the molecule is O=c1[nH]c2ccc(S(=O)(=O)Nc3cncc(F)c3)cc2[nH]1. The number of rotatable bonds is 3. The summed E-state index contributed by atoms with van der Waals surface area (Å²) in [7, 11) is -3.90. The molecule has 0 radical (unpaired) electrons. The third kappa shape index (κ3) is 2.63. The zero-order chi connectivity index (χ0) is 15.0. The molecule has 0 aliphatic carbocycles. The van der Waals surface area contributed by atoms with Crippen molar-refractivity contribution in [2.45, 2.75) is 4.90 Å². The van der Waals surface area contributed by atoms with Crippen LogP contribution >= 0.6 is 0 Å². The number of fused-ring (bicyclic) bond motifs is 1. The summed E-state index contributed by atoms with van der Waals surface area (Å²) in [5.41, 5.74) is 0.436. The average molecular weight is 308 g/mol. The number of H-pyrrole nitrogens is 2. The van der Waals surface area contributed by atoms with E-state index in [0.29, 0.717) is 11.0 Å². The first-order chi connectivity index (χ1) is 9.94. The van der Waals surface area contributed by atoms with Gasteiger partial charge >= 0.3 is 5.69 Å². The predicted molar refractivity (Wildman–Crippen MR) is 73.9 cm³/mol. The standard InChI is InChI=1S/C12H9FN4O3S/c13-7-3-8(6-14-5-7)17-21(19,20)9-1-2-10-11(4-9)16-12(18)15-10/h1-6,17H,(H2,15,16,18). The fourth-order valence-corrected chi connectivity index (χ4v) is 2.92. The second kappa shape index (κ2) is 4.70. The number of imidazole rings is 1. The summed E-state index contributed by atoms with van der Waals surface area (Å²) < 4.78 is 39.6. The van der Waals surface area contributed by atoms with E-state index in [9.17, 15) is 17.6 Å². The molecule has 0 saturated carbocycles. The van der Waals surface area contributed by atoms with Gasteiger partial charge in [0, 0.05) is 6.07 Å². The summed E-state index contributed by atoms with van der Waals surface area (Å²) in [6.45, 7) is 0. The van der Waals surface area contributed by atoms with Gasteiger partial charge in [-0.3, -0.25) is 9.71 Å². The summed E-state index contributed by atoms with van der Waals surface area (Å²) in [4.78, 5) is 19.6. The molecule has 3 aromatic rings. The Balaban J connectivity index is 2.01. The molecule has 1 aromatic carbocycles. The molecule has 0 atom stereocenters. The molecule has 9 heteroatoms. The summed E-state index contributed by atoms with van der Waals surface area (Å²) in [6.07, 6.45) is 2.16. The molecular weight excluding hydrogens is 299 g/mol. The maximum Gasteiger partial charge on any atom is 0.323 e. The van der Waals surface area contributed by atoms with Crippen molar-refractivity contribution in [3.8, 4) is 0 Å². The van der Waals surface area contributed by atoms with Gasteiger partial charge < -0.3 is 9.97 Å². The first-order valence-electron chi connectivity index (χ1n) is 5.79. The highest BCUT2D eigenvalue weighted by Crippen LogP contribution is 2.18. The van der Waals surface area contributed by atoms with Crippen LogP contribution in [0.3, 0.4) is 0 Å². The number of halogens is 1. The number of aromatic amines is 2. The Kier molecular flexibility index (Phi) is 2.98. The van der Waals surface area contributed by atoms with Gasteiger partial charge in [-0.1, -0.05) is 0 Å². The topological polar surface area (TPSA) is 108 Å². The number of nitrogens with zero attached hydrogens (tertiary/aromatic N) is 1. The van der Waals surface area contributed by atoms with Gasteiger partial charge in [-0.25, -0.2) is 17.6 Å². The van der Waals surface area contributed by atoms with Crippen molar-refractivity contribution >= 4 is 26.7 Å². The molecule has 3 N–H and O–H groups in total. The van der Waals surface area contributed by atoms with Crippen molar-refractivity contribution in [3.63, 3.8) is 0 Å². The molecule has 108 valence electrons. The summed E-state index contributed by atoms with van der Waals surface area (Å²) in [6, 6.07) is 5.12. The van der Waals surface area contributed by atoms with Crippen molar-refractivity contribution in [1.29, 1.82) is 0 Å². The van der Waals surface area contributed by atoms with Crippen molar-refractivity contribution in [3.05, 3.63) is 53.0 Å². The number of anilines is 1. The lowest BCUT2D eigenvalue weighted by atomic mass is 10.3. The lowest BCUT2D eigenvalue weighted by Gasteiger charge is -2.07. The molecule has 0 saturated heterocycles. The van der Waals surface area contributed by atoms with Crippen LogP contribution in [-0.4, -0.2) is 23.4 Å². The van der Waals surface area contributed by atoms with E-state index in [4.69, 9.17) is 0 Å². The lowest BCUT2D eigenvalue weighted by Crippen LogP contribution is -2.13. The van der Waals surface area contributed by atoms with Crippen LogP contribution in [0.4, 0.5) is 10.1 Å². The molecule has 3 rings (SSSR count). The van der Waals surface area contributed by atoms with Gasteiger partial charge in [0.15, 0.2) is 0 Å². The second-order valence-corrected chi connectivity index (χ2v) is 5.97. The van der Waals surface area contributed by atoms with Gasteiger partial charge in [0.2, 0.25) is 0 Å². The van der Waals surface area contributed by atoms with E-state index < -0.39 is 21.5 Å². The van der Waals surface area contributed by atoms with Crippen molar-refractivity contribution in [1.82, 2.24) is 15.0 Å². The third-order valence-electron chi connectivity index (χ3n) is 2.75. The number of nitrogens with one attached hydrogen (secondary N) is 3. The van der Waals surface area contributed by atoms with Crippen molar-refractivity contribution in [2.24, 2.45) is 0 Å². The number of pyridine rings is 1. The quantitative estimate of drug-likeness (QED) is 0.675. The molecule has 21 heavy (non-hydrogen) atoms. The normalized spacial score (nSPS) is 11.7. The Hall–Kier alpha value is -2.68. The zero-order valence-electron chi connectivity index (χ0n) is 10.4. The molecule has 2 heterocycles. The number of aromatic nitrogens is 3. The third-order valence-corrected chi connectivity index (χ3v) is 4.13. The van der Waals surface area contributed by atoms with E-state index in [1.54, 1.807) is 0 Å². The maximum absolute atomic E-state index is 13.0. The first kappa shape index (κ1) is 13.3. The number of hydrogen-bond donors (Lipinski definition) is 3. The Morgan fingerprint density at radius 1 is 1.10 bits per heavy atom. The van der Waals surface area contributed by atoms with Gasteiger partial charge in [-0.15, -0.1) is 0 Å². The fraction of sp³-hybridized carbons (Fsp3) is 0. The Morgan fingerprint density at radius 3 is 2.62 bits per heavy atom. The minimum Gasteiger partial charge on any atom is -0.306 e. The highest BCUT2D eigenvalue weighted by molar-refractivity contribution is 7.92. The van der Waals surface area contributed by atoms with Gasteiger partial charge in [0.25, 0.3) is 10.0 Å². The Labute approximate surface area is 117 Å². The smallest absolute Gasteiger partial charge is 0.306 e. The van der Waals surface area contributed by atoms with E-state index in [-0.39, 0.29) is 10.6 Å². The molecule has 0 fully saturated rings. The zero-order valence-corrected chi connectivity index (χ0v) is 11.2. The summed E-state index contributed by atoms with van der Waals surface area (Å²) in [5, 5.41) is 0. The largest absolute Gasteiger partial charge is 0.323 e.